The molecule has 1 aliphatic heterocycles. The number of aryl methyl sites for hydroxylation is 1. The lowest BCUT2D eigenvalue weighted by Gasteiger charge is -2.21. The maximum Gasteiger partial charge on any atom is 0.408 e. The molecule has 1 atom stereocenters. The van der Waals surface area contributed by atoms with Crippen LogP contribution in [0.25, 0.3) is 11.0 Å². The van der Waals surface area contributed by atoms with Crippen molar-refractivity contribution in [3.8, 4) is 0 Å². The highest BCUT2D eigenvalue weighted by Crippen LogP contribution is 2.31. The average Bonchev–Trinajstić information content (AvgIpc) is 2.87. The average molecular weight is 308 g/mol. The molecule has 21 heavy (non-hydrogen) atoms. The molecule has 0 bridgehead atoms. The number of nitrogens with zero attached hydrogens (tertiary/aromatic N) is 2. The number of rotatable bonds is 1. The molecule has 5 nitrogen and oxygen atoms in total. The first kappa shape index (κ1) is 14.2. The summed E-state index contributed by atoms with van der Waals surface area (Å²) in [5.41, 5.74) is 1.40. The summed E-state index contributed by atoms with van der Waals surface area (Å²) < 4.78 is 7.40. The molecule has 1 aliphatic rings. The van der Waals surface area contributed by atoms with Gasteiger partial charge in [0.2, 0.25) is 0 Å². The van der Waals surface area contributed by atoms with Crippen LogP contribution in [0.15, 0.2) is 18.2 Å². The van der Waals surface area contributed by atoms with Crippen molar-refractivity contribution in [2.45, 2.75) is 45.4 Å². The highest BCUT2D eigenvalue weighted by Gasteiger charge is 2.29. The standard InChI is InChI=1S/C15H18ClN3O2/c1-15(2,3)21-14(20)18-11-6-7-19-12-8-9(16)4-5-10(12)17-13(11)19/h4-5,8,11H,6-7H2,1-3H3,(H,18,20)/t11-/m1/s1. The Balaban J connectivity index is 1.84. The zero-order valence-corrected chi connectivity index (χ0v) is 13.1. The fraction of sp³-hybridized carbons (Fsp3) is 0.467. The Morgan fingerprint density at radius 2 is 2.24 bits per heavy atom. The van der Waals surface area contributed by atoms with Crippen LogP contribution in [0, 0.1) is 0 Å². The number of aromatic nitrogens is 2. The highest BCUT2D eigenvalue weighted by molar-refractivity contribution is 6.31. The van der Waals surface area contributed by atoms with Gasteiger partial charge in [-0.2, -0.15) is 0 Å². The monoisotopic (exact) mass is 307 g/mol. The van der Waals surface area contributed by atoms with Crippen LogP contribution in [0.4, 0.5) is 4.79 Å². The van der Waals surface area contributed by atoms with E-state index in [2.05, 4.69) is 14.9 Å². The Bertz CT molecular complexity index is 703. The number of carbonyl (C=O) groups excluding carboxylic acids is 1. The van der Waals surface area contributed by atoms with E-state index in [0.29, 0.717) is 5.02 Å². The minimum Gasteiger partial charge on any atom is -0.444 e. The third-order valence-electron chi connectivity index (χ3n) is 3.38. The van der Waals surface area contributed by atoms with Crippen LogP contribution in [-0.2, 0) is 11.3 Å². The Kier molecular flexibility index (Phi) is 3.32. The summed E-state index contributed by atoms with van der Waals surface area (Å²) in [4.78, 5) is 16.5. The molecule has 2 aromatic rings. The molecule has 0 unspecified atom stereocenters. The SMILES string of the molecule is CC(C)(C)OC(=O)N[C@@H]1CCn2c1nc1ccc(Cl)cc12. The molecule has 0 saturated heterocycles. The molecule has 0 aliphatic carbocycles. The third kappa shape index (κ3) is 2.83. The predicted octanol–water partition coefficient (Wildman–Crippen LogP) is 3.66. The van der Waals surface area contributed by atoms with E-state index in [0.717, 1.165) is 29.8 Å². The minimum atomic E-state index is -0.504. The molecule has 112 valence electrons. The molecule has 0 spiro atoms. The van der Waals surface area contributed by atoms with Crippen LogP contribution >= 0.6 is 11.6 Å². The molecular formula is C15H18ClN3O2. The van der Waals surface area contributed by atoms with Gasteiger partial charge in [0.1, 0.15) is 11.4 Å². The lowest BCUT2D eigenvalue weighted by molar-refractivity contribution is 0.0502. The van der Waals surface area contributed by atoms with E-state index in [1.54, 1.807) is 0 Å². The summed E-state index contributed by atoms with van der Waals surface area (Å²) in [6.07, 6.45) is 0.398. The second kappa shape index (κ2) is 4.91. The Morgan fingerprint density at radius 1 is 1.48 bits per heavy atom. The summed E-state index contributed by atoms with van der Waals surface area (Å²) in [7, 11) is 0. The van der Waals surface area contributed by atoms with Crippen LogP contribution < -0.4 is 5.32 Å². The third-order valence-corrected chi connectivity index (χ3v) is 3.62. The first-order valence-corrected chi connectivity index (χ1v) is 7.36. The van der Waals surface area contributed by atoms with E-state index in [1.165, 1.54) is 0 Å². The Hall–Kier alpha value is -1.75. The number of fused-ring (bicyclic) bond motifs is 3. The number of halogens is 1. The van der Waals surface area contributed by atoms with E-state index in [1.807, 2.05) is 39.0 Å². The van der Waals surface area contributed by atoms with Gasteiger partial charge in [0, 0.05) is 11.6 Å². The summed E-state index contributed by atoms with van der Waals surface area (Å²) >= 11 is 6.04. The van der Waals surface area contributed by atoms with Crippen molar-refractivity contribution < 1.29 is 9.53 Å². The van der Waals surface area contributed by atoms with Crippen molar-refractivity contribution in [1.29, 1.82) is 0 Å². The largest absolute Gasteiger partial charge is 0.444 e. The lowest BCUT2D eigenvalue weighted by Crippen LogP contribution is -2.34. The van der Waals surface area contributed by atoms with E-state index in [-0.39, 0.29) is 6.04 Å². The van der Waals surface area contributed by atoms with E-state index in [4.69, 9.17) is 16.3 Å². The molecule has 1 aromatic heterocycles. The number of hydrogen-bond donors (Lipinski definition) is 1. The van der Waals surface area contributed by atoms with Crippen LogP contribution in [0.1, 0.15) is 39.1 Å². The van der Waals surface area contributed by atoms with Crippen molar-refractivity contribution in [2.75, 3.05) is 0 Å². The second-order valence-corrected chi connectivity index (χ2v) is 6.68. The molecule has 1 aromatic carbocycles. The summed E-state index contributed by atoms with van der Waals surface area (Å²) in [6.45, 7) is 6.35. The number of imidazole rings is 1. The predicted molar refractivity (Wildman–Crippen MR) is 81.5 cm³/mol. The number of alkyl carbamates (subject to hydrolysis) is 1. The topological polar surface area (TPSA) is 56.1 Å². The maximum atomic E-state index is 11.9. The molecular weight excluding hydrogens is 290 g/mol. The minimum absolute atomic E-state index is 0.119. The first-order valence-electron chi connectivity index (χ1n) is 6.99. The summed E-state index contributed by atoms with van der Waals surface area (Å²) in [5, 5.41) is 3.58. The number of hydrogen-bond acceptors (Lipinski definition) is 3. The van der Waals surface area contributed by atoms with Crippen LogP contribution in [0.2, 0.25) is 5.02 Å². The van der Waals surface area contributed by atoms with Gasteiger partial charge in [0.05, 0.1) is 17.1 Å². The molecule has 0 saturated carbocycles. The van der Waals surface area contributed by atoms with E-state index < -0.39 is 11.7 Å². The molecule has 6 heteroatoms. The fourth-order valence-electron chi connectivity index (χ4n) is 2.59. The normalized spacial score (nSPS) is 17.8. The van der Waals surface area contributed by atoms with Gasteiger partial charge >= 0.3 is 6.09 Å². The quantitative estimate of drug-likeness (QED) is 0.874. The summed E-state index contributed by atoms with van der Waals surface area (Å²) in [5.74, 6) is 0.859. The van der Waals surface area contributed by atoms with Gasteiger partial charge in [0.15, 0.2) is 0 Å². The van der Waals surface area contributed by atoms with Crippen molar-refractivity contribution in [3.63, 3.8) is 0 Å². The number of benzene rings is 1. The van der Waals surface area contributed by atoms with Crippen molar-refractivity contribution in [2.24, 2.45) is 0 Å². The van der Waals surface area contributed by atoms with Gasteiger partial charge in [-0.05, 0) is 45.4 Å². The highest BCUT2D eigenvalue weighted by atomic mass is 35.5. The van der Waals surface area contributed by atoms with Gasteiger partial charge < -0.3 is 14.6 Å². The van der Waals surface area contributed by atoms with Gasteiger partial charge in [-0.15, -0.1) is 0 Å². The van der Waals surface area contributed by atoms with Gasteiger partial charge in [-0.1, -0.05) is 11.6 Å². The number of ether oxygens (including phenoxy) is 1. The maximum absolute atomic E-state index is 11.9. The van der Waals surface area contributed by atoms with Crippen molar-refractivity contribution >= 4 is 28.7 Å². The molecule has 1 amide bonds. The Morgan fingerprint density at radius 3 is 2.95 bits per heavy atom. The second-order valence-electron chi connectivity index (χ2n) is 6.24. The number of amides is 1. The lowest BCUT2D eigenvalue weighted by atomic mass is 10.2. The molecule has 2 heterocycles. The molecule has 3 rings (SSSR count). The van der Waals surface area contributed by atoms with Crippen LogP contribution in [0.3, 0.4) is 0 Å². The van der Waals surface area contributed by atoms with E-state index >= 15 is 0 Å². The van der Waals surface area contributed by atoms with Crippen molar-refractivity contribution in [3.05, 3.63) is 29.0 Å². The first-order chi connectivity index (χ1) is 9.83. The van der Waals surface area contributed by atoms with Crippen LogP contribution in [0.5, 0.6) is 0 Å². The zero-order chi connectivity index (χ0) is 15.2. The van der Waals surface area contributed by atoms with Gasteiger partial charge in [-0.3, -0.25) is 0 Å². The number of nitrogens with one attached hydrogen (secondary N) is 1. The smallest absolute Gasteiger partial charge is 0.408 e. The number of carbonyl (C=O) groups is 1. The molecule has 1 N–H and O–H groups in total. The van der Waals surface area contributed by atoms with Gasteiger partial charge in [-0.25, -0.2) is 9.78 Å². The Labute approximate surface area is 128 Å². The molecule has 0 fully saturated rings. The zero-order valence-electron chi connectivity index (χ0n) is 12.3. The van der Waals surface area contributed by atoms with Crippen LogP contribution in [-0.4, -0.2) is 21.2 Å². The fourth-order valence-corrected chi connectivity index (χ4v) is 2.76. The molecule has 0 radical (unpaired) electrons. The summed E-state index contributed by atoms with van der Waals surface area (Å²) in [6, 6.07) is 5.51. The van der Waals surface area contributed by atoms with Gasteiger partial charge in [0.25, 0.3) is 0 Å². The van der Waals surface area contributed by atoms with Crippen molar-refractivity contribution in [1.82, 2.24) is 14.9 Å². The van der Waals surface area contributed by atoms with E-state index in [9.17, 15) is 4.79 Å².